The molecule has 118 valence electrons. The maximum absolute atomic E-state index is 11.9. The zero-order valence-corrected chi connectivity index (χ0v) is 12.8. The van der Waals surface area contributed by atoms with E-state index in [1.54, 1.807) is 50.4 Å². The van der Waals surface area contributed by atoms with Crippen molar-refractivity contribution in [1.29, 1.82) is 5.26 Å². The van der Waals surface area contributed by atoms with Gasteiger partial charge < -0.3 is 20.1 Å². The van der Waals surface area contributed by atoms with Crippen molar-refractivity contribution in [3.8, 4) is 11.8 Å². The van der Waals surface area contributed by atoms with Crippen molar-refractivity contribution in [3.63, 3.8) is 0 Å². The fourth-order valence-corrected chi connectivity index (χ4v) is 2.73. The van der Waals surface area contributed by atoms with Gasteiger partial charge in [0.15, 0.2) is 0 Å². The van der Waals surface area contributed by atoms with Crippen molar-refractivity contribution < 1.29 is 9.84 Å². The summed E-state index contributed by atoms with van der Waals surface area (Å²) in [7, 11) is 0. The van der Waals surface area contributed by atoms with Crippen molar-refractivity contribution in [2.45, 2.75) is 31.6 Å². The summed E-state index contributed by atoms with van der Waals surface area (Å²) in [5.74, 6) is 0.587. The summed E-state index contributed by atoms with van der Waals surface area (Å²) in [6.45, 7) is 3.56. The number of aliphatic hydroxyl groups is 1. The van der Waals surface area contributed by atoms with Gasteiger partial charge in [-0.25, -0.2) is 0 Å². The Kier molecular flexibility index (Phi) is 3.58. The van der Waals surface area contributed by atoms with Crippen molar-refractivity contribution in [2.75, 3.05) is 5.32 Å². The van der Waals surface area contributed by atoms with Crippen LogP contribution in [0.1, 0.15) is 31.0 Å². The van der Waals surface area contributed by atoms with Gasteiger partial charge in [-0.3, -0.25) is 4.79 Å². The van der Waals surface area contributed by atoms with E-state index >= 15 is 0 Å². The van der Waals surface area contributed by atoms with Gasteiger partial charge in [0.25, 0.3) is 5.56 Å². The summed E-state index contributed by atoms with van der Waals surface area (Å²) in [5, 5.41) is 22.9. The molecule has 2 heterocycles. The number of nitrogens with zero attached hydrogens (tertiary/aromatic N) is 1. The number of H-pyrrole nitrogens is 1. The predicted octanol–water partition coefficient (Wildman–Crippen LogP) is 1.93. The third kappa shape index (κ3) is 2.67. The lowest BCUT2D eigenvalue weighted by Crippen LogP contribution is -2.51. The molecule has 2 atom stereocenters. The number of nitrogens with one attached hydrogen (secondary N) is 2. The van der Waals surface area contributed by atoms with E-state index in [0.717, 1.165) is 0 Å². The Hall–Kier alpha value is -2.78. The number of pyridine rings is 1. The number of ether oxygens (including phenoxy) is 1. The first-order valence-corrected chi connectivity index (χ1v) is 7.28. The first kappa shape index (κ1) is 15.1. The number of hydrogen-bond acceptors (Lipinski definition) is 5. The van der Waals surface area contributed by atoms with Crippen LogP contribution in [-0.4, -0.2) is 21.8 Å². The number of benzene rings is 1. The van der Waals surface area contributed by atoms with E-state index in [4.69, 9.17) is 10.00 Å². The van der Waals surface area contributed by atoms with Gasteiger partial charge in [0, 0.05) is 11.8 Å². The van der Waals surface area contributed by atoms with Crippen LogP contribution in [0, 0.1) is 11.3 Å². The smallest absolute Gasteiger partial charge is 0.271 e. The van der Waals surface area contributed by atoms with Gasteiger partial charge in [-0.15, -0.1) is 0 Å². The third-order valence-corrected chi connectivity index (χ3v) is 4.00. The number of aromatic nitrogens is 1. The van der Waals surface area contributed by atoms with Crippen molar-refractivity contribution in [2.24, 2.45) is 0 Å². The van der Waals surface area contributed by atoms with Gasteiger partial charge in [-0.1, -0.05) is 0 Å². The zero-order chi connectivity index (χ0) is 16.6. The SMILES string of the molecule is CC1(C)Oc2ccc(C#N)cc2C(Nc2ccc[nH]c2=O)C1O. The summed E-state index contributed by atoms with van der Waals surface area (Å²) >= 11 is 0. The van der Waals surface area contributed by atoms with Crippen molar-refractivity contribution in [1.82, 2.24) is 4.98 Å². The van der Waals surface area contributed by atoms with E-state index in [0.29, 0.717) is 22.6 Å². The molecule has 0 saturated heterocycles. The second kappa shape index (κ2) is 5.45. The zero-order valence-electron chi connectivity index (χ0n) is 12.8. The standard InChI is InChI=1S/C17H17N3O3/c1-17(2)15(21)14(20-12-4-3-7-19-16(12)22)11-8-10(9-18)5-6-13(11)23-17/h3-8,14-15,20-21H,1-2H3,(H,19,22). The molecule has 0 spiro atoms. The van der Waals surface area contributed by atoms with E-state index in [1.165, 1.54) is 0 Å². The van der Waals surface area contributed by atoms with Crippen LogP contribution >= 0.6 is 0 Å². The number of aliphatic hydroxyl groups excluding tert-OH is 1. The molecule has 23 heavy (non-hydrogen) atoms. The van der Waals surface area contributed by atoms with Crippen LogP contribution in [0.15, 0.2) is 41.3 Å². The Morgan fingerprint density at radius 2 is 2.17 bits per heavy atom. The molecule has 6 nitrogen and oxygen atoms in total. The van der Waals surface area contributed by atoms with Gasteiger partial charge in [0.2, 0.25) is 0 Å². The molecule has 2 aromatic rings. The van der Waals surface area contributed by atoms with Crippen LogP contribution < -0.4 is 15.6 Å². The van der Waals surface area contributed by atoms with Crippen molar-refractivity contribution >= 4 is 5.69 Å². The first-order chi connectivity index (χ1) is 10.9. The van der Waals surface area contributed by atoms with Crippen LogP contribution in [0.4, 0.5) is 5.69 Å². The summed E-state index contributed by atoms with van der Waals surface area (Å²) in [6, 6.07) is 9.90. The molecule has 0 fully saturated rings. The van der Waals surface area contributed by atoms with Gasteiger partial charge >= 0.3 is 0 Å². The molecule has 1 aromatic heterocycles. The van der Waals surface area contributed by atoms with Crippen LogP contribution in [0.25, 0.3) is 0 Å². The van der Waals surface area contributed by atoms with Crippen LogP contribution in [0.2, 0.25) is 0 Å². The van der Waals surface area contributed by atoms with Gasteiger partial charge in [0.05, 0.1) is 17.7 Å². The first-order valence-electron chi connectivity index (χ1n) is 7.28. The normalized spacial score (nSPS) is 21.7. The quantitative estimate of drug-likeness (QED) is 0.787. The molecule has 3 rings (SSSR count). The van der Waals surface area contributed by atoms with Gasteiger partial charge in [0.1, 0.15) is 23.1 Å². The second-order valence-corrected chi connectivity index (χ2v) is 6.05. The number of anilines is 1. The minimum Gasteiger partial charge on any atom is -0.485 e. The molecule has 1 aliphatic rings. The number of rotatable bonds is 2. The van der Waals surface area contributed by atoms with Crippen molar-refractivity contribution in [3.05, 3.63) is 58.0 Å². The predicted molar refractivity (Wildman–Crippen MR) is 85.3 cm³/mol. The van der Waals surface area contributed by atoms with Gasteiger partial charge in [-0.05, 0) is 44.2 Å². The number of aromatic amines is 1. The maximum Gasteiger partial charge on any atom is 0.271 e. The molecule has 2 unspecified atom stereocenters. The fraction of sp³-hybridized carbons (Fsp3) is 0.294. The number of fused-ring (bicyclic) bond motifs is 1. The Labute approximate surface area is 133 Å². The highest BCUT2D eigenvalue weighted by molar-refractivity contribution is 5.51. The Morgan fingerprint density at radius 1 is 1.39 bits per heavy atom. The average Bonchev–Trinajstić information content (AvgIpc) is 2.53. The average molecular weight is 311 g/mol. The van der Waals surface area contributed by atoms with Crippen LogP contribution in [0.3, 0.4) is 0 Å². The number of hydrogen-bond donors (Lipinski definition) is 3. The molecule has 1 aromatic carbocycles. The summed E-state index contributed by atoms with van der Waals surface area (Å²) in [4.78, 5) is 14.5. The van der Waals surface area contributed by atoms with Crippen LogP contribution in [-0.2, 0) is 0 Å². The third-order valence-electron chi connectivity index (χ3n) is 4.00. The Balaban J connectivity index is 2.09. The summed E-state index contributed by atoms with van der Waals surface area (Å²) in [6.07, 6.45) is 0.642. The lowest BCUT2D eigenvalue weighted by molar-refractivity contribution is -0.0532. The largest absolute Gasteiger partial charge is 0.485 e. The molecule has 6 heteroatoms. The maximum atomic E-state index is 11.9. The van der Waals surface area contributed by atoms with Crippen LogP contribution in [0.5, 0.6) is 5.75 Å². The molecular formula is C17H17N3O3. The van der Waals surface area contributed by atoms with E-state index in [1.807, 2.05) is 0 Å². The highest BCUT2D eigenvalue weighted by Crippen LogP contribution is 2.41. The lowest BCUT2D eigenvalue weighted by Gasteiger charge is -2.42. The summed E-state index contributed by atoms with van der Waals surface area (Å²) < 4.78 is 5.84. The topological polar surface area (TPSA) is 98.1 Å². The van der Waals surface area contributed by atoms with Gasteiger partial charge in [-0.2, -0.15) is 5.26 Å². The monoisotopic (exact) mass is 311 g/mol. The van der Waals surface area contributed by atoms with E-state index in [9.17, 15) is 9.90 Å². The minimum atomic E-state index is -0.899. The van der Waals surface area contributed by atoms with E-state index < -0.39 is 17.7 Å². The molecule has 0 saturated carbocycles. The molecule has 0 amide bonds. The molecule has 0 bridgehead atoms. The number of nitriles is 1. The molecule has 0 radical (unpaired) electrons. The lowest BCUT2D eigenvalue weighted by atomic mass is 9.86. The second-order valence-electron chi connectivity index (χ2n) is 6.05. The molecule has 3 N–H and O–H groups in total. The molecule has 1 aliphatic heterocycles. The van der Waals surface area contributed by atoms with E-state index in [-0.39, 0.29) is 5.56 Å². The fourth-order valence-electron chi connectivity index (χ4n) is 2.73. The summed E-state index contributed by atoms with van der Waals surface area (Å²) in [5.41, 5.74) is 0.358. The Bertz CT molecular complexity index is 835. The Morgan fingerprint density at radius 3 is 2.87 bits per heavy atom. The molecular weight excluding hydrogens is 294 g/mol. The molecule has 0 aliphatic carbocycles. The highest BCUT2D eigenvalue weighted by Gasteiger charge is 2.43. The van der Waals surface area contributed by atoms with E-state index in [2.05, 4.69) is 16.4 Å². The highest BCUT2D eigenvalue weighted by atomic mass is 16.5. The minimum absolute atomic E-state index is 0.276.